The van der Waals surface area contributed by atoms with E-state index in [1.165, 1.54) is 21.0 Å². The van der Waals surface area contributed by atoms with Crippen LogP contribution in [0, 0.1) is 5.41 Å². The number of amides is 1. The number of nitrogens with one attached hydrogen (secondary N) is 1. The molecule has 0 saturated heterocycles. The molecule has 0 aliphatic carbocycles. The third-order valence-corrected chi connectivity index (χ3v) is 3.07. The lowest BCUT2D eigenvalue weighted by Gasteiger charge is -2.22. The van der Waals surface area contributed by atoms with Gasteiger partial charge in [0.2, 0.25) is 5.91 Å². The van der Waals surface area contributed by atoms with Crippen LogP contribution in [-0.2, 0) is 4.79 Å². The summed E-state index contributed by atoms with van der Waals surface area (Å²) in [6.07, 6.45) is 0. The van der Waals surface area contributed by atoms with E-state index in [1.54, 1.807) is 18.2 Å². The van der Waals surface area contributed by atoms with Gasteiger partial charge in [-0.25, -0.2) is 0 Å². The molecular formula is C12H16ClN3O3. The molecule has 4 N–H and O–H groups in total. The third-order valence-electron chi connectivity index (χ3n) is 2.74. The van der Waals surface area contributed by atoms with Crippen molar-refractivity contribution in [2.75, 3.05) is 12.4 Å². The molecule has 1 rings (SSSR count). The van der Waals surface area contributed by atoms with Crippen molar-refractivity contribution in [1.29, 1.82) is 0 Å². The lowest BCUT2D eigenvalue weighted by atomic mass is 9.91. The summed E-state index contributed by atoms with van der Waals surface area (Å²) >= 11 is 5.98. The Kier molecular flexibility index (Phi) is 4.61. The van der Waals surface area contributed by atoms with Crippen LogP contribution in [0.5, 0.6) is 5.75 Å². The van der Waals surface area contributed by atoms with Gasteiger partial charge < -0.3 is 21.0 Å². The summed E-state index contributed by atoms with van der Waals surface area (Å²) in [7, 11) is 1.51. The van der Waals surface area contributed by atoms with E-state index in [2.05, 4.69) is 10.5 Å². The highest BCUT2D eigenvalue weighted by molar-refractivity contribution is 6.34. The number of benzene rings is 1. The predicted molar refractivity (Wildman–Crippen MR) is 73.8 cm³/mol. The normalized spacial score (nSPS) is 12.1. The van der Waals surface area contributed by atoms with Crippen molar-refractivity contribution in [3.8, 4) is 5.75 Å². The van der Waals surface area contributed by atoms with E-state index in [-0.39, 0.29) is 5.84 Å². The second-order valence-electron chi connectivity index (χ2n) is 4.41. The highest BCUT2D eigenvalue weighted by atomic mass is 35.5. The highest BCUT2D eigenvalue weighted by Crippen LogP contribution is 2.28. The van der Waals surface area contributed by atoms with Crippen molar-refractivity contribution in [1.82, 2.24) is 0 Å². The molecular weight excluding hydrogens is 270 g/mol. The Hall–Kier alpha value is -1.95. The first-order valence-corrected chi connectivity index (χ1v) is 5.83. The van der Waals surface area contributed by atoms with Gasteiger partial charge in [0.25, 0.3) is 0 Å². The van der Waals surface area contributed by atoms with Gasteiger partial charge in [-0.05, 0) is 26.0 Å². The van der Waals surface area contributed by atoms with Gasteiger partial charge in [-0.3, -0.25) is 4.79 Å². The van der Waals surface area contributed by atoms with Crippen LogP contribution in [0.3, 0.4) is 0 Å². The monoisotopic (exact) mass is 285 g/mol. The van der Waals surface area contributed by atoms with Gasteiger partial charge >= 0.3 is 0 Å². The summed E-state index contributed by atoms with van der Waals surface area (Å²) in [5.74, 6) is -0.0803. The van der Waals surface area contributed by atoms with E-state index in [0.29, 0.717) is 16.5 Å². The first-order chi connectivity index (χ1) is 8.82. The predicted octanol–water partition coefficient (Wildman–Crippen LogP) is 2.06. The number of methoxy groups -OCH3 is 1. The molecule has 0 aromatic heterocycles. The first kappa shape index (κ1) is 15.1. The minimum atomic E-state index is -1.17. The van der Waals surface area contributed by atoms with Crippen molar-refractivity contribution in [3.05, 3.63) is 23.2 Å². The quantitative estimate of drug-likeness (QED) is 0.341. The maximum absolute atomic E-state index is 12.1. The molecule has 1 aromatic rings. The van der Waals surface area contributed by atoms with Gasteiger partial charge in [-0.15, -0.1) is 0 Å². The minimum Gasteiger partial charge on any atom is -0.497 e. The molecule has 0 spiro atoms. The maximum Gasteiger partial charge on any atom is 0.237 e. The second-order valence-corrected chi connectivity index (χ2v) is 4.82. The number of carbonyl (C=O) groups excluding carboxylic acids is 1. The molecule has 0 aliphatic rings. The molecule has 0 unspecified atom stereocenters. The lowest BCUT2D eigenvalue weighted by molar-refractivity contribution is -0.121. The van der Waals surface area contributed by atoms with E-state index in [0.717, 1.165) is 0 Å². The number of amidine groups is 1. The van der Waals surface area contributed by atoms with Gasteiger partial charge in [-0.2, -0.15) is 0 Å². The van der Waals surface area contributed by atoms with Crippen LogP contribution in [0.25, 0.3) is 0 Å². The summed E-state index contributed by atoms with van der Waals surface area (Å²) in [6, 6.07) is 4.86. The van der Waals surface area contributed by atoms with E-state index < -0.39 is 11.3 Å². The standard InChI is InChI=1S/C12H16ClN3O3/c1-12(2,10(14)16-18)11(17)15-9-6-7(19-3)4-5-8(9)13/h4-6,18H,1-3H3,(H2,14,16)(H,15,17). The van der Waals surface area contributed by atoms with Crippen LogP contribution >= 0.6 is 11.6 Å². The average Bonchev–Trinajstić information content (AvgIpc) is 2.39. The van der Waals surface area contributed by atoms with Gasteiger partial charge in [0.05, 0.1) is 17.8 Å². The number of anilines is 1. The van der Waals surface area contributed by atoms with E-state index in [1.807, 2.05) is 0 Å². The molecule has 0 heterocycles. The van der Waals surface area contributed by atoms with Gasteiger partial charge in [0.1, 0.15) is 11.2 Å². The number of hydrogen-bond donors (Lipinski definition) is 3. The lowest BCUT2D eigenvalue weighted by Crippen LogP contribution is -2.42. The smallest absolute Gasteiger partial charge is 0.237 e. The van der Waals surface area contributed by atoms with Crippen LogP contribution in [0.4, 0.5) is 5.69 Å². The number of nitrogens with two attached hydrogens (primary N) is 1. The topological polar surface area (TPSA) is 96.9 Å². The fraction of sp³-hybridized carbons (Fsp3) is 0.333. The molecule has 0 bridgehead atoms. The zero-order valence-electron chi connectivity index (χ0n) is 10.9. The number of nitrogens with zero attached hydrogens (tertiary/aromatic N) is 1. The summed E-state index contributed by atoms with van der Waals surface area (Å²) in [4.78, 5) is 12.1. The van der Waals surface area contributed by atoms with Crippen LogP contribution < -0.4 is 15.8 Å². The molecule has 1 aromatic carbocycles. The van der Waals surface area contributed by atoms with Gasteiger partial charge in [0.15, 0.2) is 5.84 Å². The van der Waals surface area contributed by atoms with Crippen LogP contribution in [0.15, 0.2) is 23.4 Å². The SMILES string of the molecule is COc1ccc(Cl)c(NC(=O)C(C)(C)C(N)=NO)c1. The second kappa shape index (κ2) is 5.79. The molecule has 0 aliphatic heterocycles. The fourth-order valence-corrected chi connectivity index (χ4v) is 1.41. The van der Waals surface area contributed by atoms with Crippen LogP contribution in [0.1, 0.15) is 13.8 Å². The number of ether oxygens (including phenoxy) is 1. The van der Waals surface area contributed by atoms with Crippen molar-refractivity contribution in [3.63, 3.8) is 0 Å². The summed E-state index contributed by atoms with van der Waals surface area (Å²) in [5.41, 5.74) is 4.71. The van der Waals surface area contributed by atoms with Crippen molar-refractivity contribution >= 4 is 29.0 Å². The van der Waals surface area contributed by atoms with Crippen molar-refractivity contribution in [2.24, 2.45) is 16.3 Å². The molecule has 19 heavy (non-hydrogen) atoms. The van der Waals surface area contributed by atoms with Gasteiger partial charge in [-0.1, -0.05) is 16.8 Å². The van der Waals surface area contributed by atoms with E-state index in [9.17, 15) is 4.79 Å². The molecule has 7 heteroatoms. The molecule has 0 radical (unpaired) electrons. The number of carbonyl (C=O) groups is 1. The summed E-state index contributed by atoms with van der Waals surface area (Å²) in [5, 5.41) is 14.5. The van der Waals surface area contributed by atoms with Crippen LogP contribution in [-0.4, -0.2) is 24.1 Å². The molecule has 0 atom stereocenters. The summed E-state index contributed by atoms with van der Waals surface area (Å²) in [6.45, 7) is 3.07. The van der Waals surface area contributed by atoms with Crippen molar-refractivity contribution < 1.29 is 14.7 Å². The largest absolute Gasteiger partial charge is 0.497 e. The van der Waals surface area contributed by atoms with Crippen molar-refractivity contribution in [2.45, 2.75) is 13.8 Å². The van der Waals surface area contributed by atoms with Crippen LogP contribution in [0.2, 0.25) is 5.02 Å². The first-order valence-electron chi connectivity index (χ1n) is 5.46. The Morgan fingerprint density at radius 3 is 2.68 bits per heavy atom. The molecule has 1 amide bonds. The Morgan fingerprint density at radius 2 is 2.16 bits per heavy atom. The Bertz CT molecular complexity index is 515. The highest BCUT2D eigenvalue weighted by Gasteiger charge is 2.33. The molecule has 0 fully saturated rings. The zero-order valence-corrected chi connectivity index (χ0v) is 11.7. The van der Waals surface area contributed by atoms with Gasteiger partial charge in [0, 0.05) is 6.07 Å². The Balaban J connectivity index is 3.00. The maximum atomic E-state index is 12.1. The molecule has 6 nitrogen and oxygen atoms in total. The fourth-order valence-electron chi connectivity index (χ4n) is 1.25. The zero-order chi connectivity index (χ0) is 14.6. The summed E-state index contributed by atoms with van der Waals surface area (Å²) < 4.78 is 5.05. The molecule has 0 saturated carbocycles. The Morgan fingerprint density at radius 1 is 1.53 bits per heavy atom. The van der Waals surface area contributed by atoms with E-state index in [4.69, 9.17) is 27.3 Å². The Labute approximate surface area is 116 Å². The average molecular weight is 286 g/mol. The number of halogens is 1. The number of rotatable bonds is 4. The van der Waals surface area contributed by atoms with E-state index >= 15 is 0 Å². The molecule has 104 valence electrons. The third kappa shape index (κ3) is 3.29. The number of oxime groups is 1. The number of hydrogen-bond acceptors (Lipinski definition) is 4. The minimum absolute atomic E-state index is 0.191.